The highest BCUT2D eigenvalue weighted by molar-refractivity contribution is 5.87. The lowest BCUT2D eigenvalue weighted by Crippen LogP contribution is -2.31. The summed E-state index contributed by atoms with van der Waals surface area (Å²) in [5.74, 6) is 0. The molecule has 0 spiro atoms. The summed E-state index contributed by atoms with van der Waals surface area (Å²) in [5.41, 5.74) is 6.83. The molecule has 4 nitrogen and oxygen atoms in total. The van der Waals surface area contributed by atoms with E-state index in [9.17, 15) is 9.90 Å². The van der Waals surface area contributed by atoms with Crippen LogP contribution < -0.4 is 9.80 Å². The molecule has 1 amide bonds. The molecule has 0 atom stereocenters. The molecule has 4 heteroatoms. The fourth-order valence-electron chi connectivity index (χ4n) is 3.92. The lowest BCUT2D eigenvalue weighted by Gasteiger charge is -2.22. The van der Waals surface area contributed by atoms with Crippen molar-refractivity contribution in [2.75, 3.05) is 22.9 Å². The summed E-state index contributed by atoms with van der Waals surface area (Å²) in [6, 6.07) is 24.8. The van der Waals surface area contributed by atoms with E-state index in [1.807, 2.05) is 18.2 Å². The molecule has 0 radical (unpaired) electrons. The van der Waals surface area contributed by atoms with Gasteiger partial charge in [-0.1, -0.05) is 60.2 Å². The summed E-state index contributed by atoms with van der Waals surface area (Å²) < 4.78 is 0. The number of aryl methyl sites for hydroxylation is 1. The van der Waals surface area contributed by atoms with Gasteiger partial charge in [0.05, 0.1) is 0 Å². The first-order valence-corrected chi connectivity index (χ1v) is 10.1. The van der Waals surface area contributed by atoms with Crippen LogP contribution in [0.4, 0.5) is 16.2 Å². The lowest BCUT2D eigenvalue weighted by molar-refractivity contribution is 0.202. The zero-order valence-electron chi connectivity index (χ0n) is 16.7. The molecule has 1 aliphatic rings. The highest BCUT2D eigenvalue weighted by Gasteiger charge is 2.22. The molecule has 1 aliphatic heterocycles. The number of amides is 1. The van der Waals surface area contributed by atoms with Crippen LogP contribution in [-0.2, 0) is 19.4 Å². The Labute approximate surface area is 172 Å². The van der Waals surface area contributed by atoms with Crippen molar-refractivity contribution in [3.8, 4) is 0 Å². The summed E-state index contributed by atoms with van der Waals surface area (Å²) >= 11 is 0. The second-order valence-electron chi connectivity index (χ2n) is 7.64. The van der Waals surface area contributed by atoms with E-state index in [4.69, 9.17) is 0 Å². The SMILES string of the molecule is Cc1ccc(CCN(C(=O)O)c2ccc3c(c2)CCN3Cc2ccccc2)cc1. The fourth-order valence-corrected chi connectivity index (χ4v) is 3.92. The van der Waals surface area contributed by atoms with E-state index in [0.717, 1.165) is 30.8 Å². The maximum atomic E-state index is 11.9. The van der Waals surface area contributed by atoms with Crippen LogP contribution >= 0.6 is 0 Å². The van der Waals surface area contributed by atoms with Gasteiger partial charge in [0.15, 0.2) is 0 Å². The van der Waals surface area contributed by atoms with E-state index in [1.54, 1.807) is 0 Å². The van der Waals surface area contributed by atoms with Crippen LogP contribution in [0.2, 0.25) is 0 Å². The number of rotatable bonds is 6. The largest absolute Gasteiger partial charge is 0.465 e. The Hall–Kier alpha value is -3.27. The van der Waals surface area contributed by atoms with Crippen LogP contribution in [-0.4, -0.2) is 24.3 Å². The first kappa shape index (κ1) is 19.1. The van der Waals surface area contributed by atoms with E-state index in [1.165, 1.54) is 27.3 Å². The van der Waals surface area contributed by atoms with Crippen molar-refractivity contribution in [1.29, 1.82) is 0 Å². The molecule has 4 rings (SSSR count). The van der Waals surface area contributed by atoms with Crippen LogP contribution in [0.25, 0.3) is 0 Å². The van der Waals surface area contributed by atoms with Crippen molar-refractivity contribution in [1.82, 2.24) is 0 Å². The molecule has 148 valence electrons. The number of nitrogens with zero attached hydrogens (tertiary/aromatic N) is 2. The van der Waals surface area contributed by atoms with E-state index in [-0.39, 0.29) is 0 Å². The van der Waals surface area contributed by atoms with Crippen LogP contribution in [0.5, 0.6) is 0 Å². The Bertz CT molecular complexity index is 983. The van der Waals surface area contributed by atoms with Crippen molar-refractivity contribution in [2.45, 2.75) is 26.3 Å². The van der Waals surface area contributed by atoms with Crippen molar-refractivity contribution >= 4 is 17.5 Å². The maximum absolute atomic E-state index is 11.9. The van der Waals surface area contributed by atoms with Crippen molar-refractivity contribution in [2.24, 2.45) is 0 Å². The molecule has 0 unspecified atom stereocenters. The van der Waals surface area contributed by atoms with Gasteiger partial charge in [0, 0.05) is 31.0 Å². The minimum Gasteiger partial charge on any atom is -0.465 e. The van der Waals surface area contributed by atoms with Gasteiger partial charge in [0.1, 0.15) is 0 Å². The number of fused-ring (bicyclic) bond motifs is 1. The molecule has 0 aliphatic carbocycles. The van der Waals surface area contributed by atoms with Gasteiger partial charge < -0.3 is 10.0 Å². The summed E-state index contributed by atoms with van der Waals surface area (Å²) in [5, 5.41) is 9.76. The monoisotopic (exact) mass is 386 g/mol. The molecule has 1 N–H and O–H groups in total. The normalized spacial score (nSPS) is 12.7. The molecule has 0 bridgehead atoms. The van der Waals surface area contributed by atoms with E-state index < -0.39 is 6.09 Å². The minimum absolute atomic E-state index is 0.449. The van der Waals surface area contributed by atoms with Crippen LogP contribution in [0.1, 0.15) is 22.3 Å². The Morgan fingerprint density at radius 1 is 1.00 bits per heavy atom. The molecule has 3 aromatic rings. The van der Waals surface area contributed by atoms with Crippen molar-refractivity contribution in [3.05, 3.63) is 95.1 Å². The molecule has 0 fully saturated rings. The first-order chi connectivity index (χ1) is 14.1. The minimum atomic E-state index is -0.906. The summed E-state index contributed by atoms with van der Waals surface area (Å²) in [6.45, 7) is 4.34. The quantitative estimate of drug-likeness (QED) is 0.626. The topological polar surface area (TPSA) is 43.8 Å². The average molecular weight is 386 g/mol. The Morgan fingerprint density at radius 3 is 2.48 bits per heavy atom. The second kappa shape index (κ2) is 8.39. The van der Waals surface area contributed by atoms with Crippen LogP contribution in [0.3, 0.4) is 0 Å². The average Bonchev–Trinajstić information content (AvgIpc) is 3.12. The summed E-state index contributed by atoms with van der Waals surface area (Å²) in [4.78, 5) is 15.7. The van der Waals surface area contributed by atoms with Gasteiger partial charge >= 0.3 is 6.09 Å². The highest BCUT2D eigenvalue weighted by Crippen LogP contribution is 2.33. The Kier molecular flexibility index (Phi) is 5.52. The number of hydrogen-bond donors (Lipinski definition) is 1. The van der Waals surface area contributed by atoms with Crippen LogP contribution in [0.15, 0.2) is 72.8 Å². The lowest BCUT2D eigenvalue weighted by atomic mass is 10.1. The third-order valence-corrected chi connectivity index (χ3v) is 5.56. The van der Waals surface area contributed by atoms with Crippen LogP contribution in [0, 0.1) is 6.92 Å². The molecule has 29 heavy (non-hydrogen) atoms. The van der Waals surface area contributed by atoms with Gasteiger partial charge in [-0.3, -0.25) is 4.90 Å². The van der Waals surface area contributed by atoms with Gasteiger partial charge in [-0.2, -0.15) is 0 Å². The van der Waals surface area contributed by atoms with Gasteiger partial charge in [-0.25, -0.2) is 4.79 Å². The number of benzene rings is 3. The third kappa shape index (κ3) is 4.43. The van der Waals surface area contributed by atoms with Gasteiger partial charge in [0.2, 0.25) is 0 Å². The van der Waals surface area contributed by atoms with Gasteiger partial charge in [0.25, 0.3) is 0 Å². The van der Waals surface area contributed by atoms with E-state index >= 15 is 0 Å². The molecule has 0 saturated heterocycles. The Morgan fingerprint density at radius 2 is 1.76 bits per heavy atom. The van der Waals surface area contributed by atoms with E-state index in [0.29, 0.717) is 13.0 Å². The predicted octanol–water partition coefficient (Wildman–Crippen LogP) is 5.28. The standard InChI is InChI=1S/C25H26N2O2/c1-19-7-9-20(10-8-19)13-16-27(25(28)29)23-11-12-24-22(17-23)14-15-26(24)18-21-5-3-2-4-6-21/h2-12,17H,13-16,18H2,1H3,(H,28,29). The van der Waals surface area contributed by atoms with Gasteiger partial charge in [-0.15, -0.1) is 0 Å². The fraction of sp³-hybridized carbons (Fsp3) is 0.240. The predicted molar refractivity (Wildman–Crippen MR) is 118 cm³/mol. The summed E-state index contributed by atoms with van der Waals surface area (Å²) in [6.07, 6.45) is 0.738. The maximum Gasteiger partial charge on any atom is 0.411 e. The molecular formula is C25H26N2O2. The number of hydrogen-bond acceptors (Lipinski definition) is 2. The highest BCUT2D eigenvalue weighted by atomic mass is 16.4. The molecule has 1 heterocycles. The number of carbonyl (C=O) groups is 1. The van der Waals surface area contributed by atoms with E-state index in [2.05, 4.69) is 66.4 Å². The number of carboxylic acid groups (broad SMARTS) is 1. The molecular weight excluding hydrogens is 360 g/mol. The smallest absolute Gasteiger partial charge is 0.411 e. The number of anilines is 2. The molecule has 0 aromatic heterocycles. The second-order valence-corrected chi connectivity index (χ2v) is 7.64. The molecule has 3 aromatic carbocycles. The first-order valence-electron chi connectivity index (χ1n) is 10.1. The van der Waals surface area contributed by atoms with Gasteiger partial charge in [-0.05, 0) is 54.7 Å². The summed E-state index contributed by atoms with van der Waals surface area (Å²) in [7, 11) is 0. The van der Waals surface area contributed by atoms with Crippen molar-refractivity contribution < 1.29 is 9.90 Å². The molecule has 0 saturated carbocycles. The Balaban J connectivity index is 1.49. The van der Waals surface area contributed by atoms with Crippen molar-refractivity contribution in [3.63, 3.8) is 0 Å². The third-order valence-electron chi connectivity index (χ3n) is 5.56. The zero-order valence-corrected chi connectivity index (χ0v) is 16.7. The zero-order chi connectivity index (χ0) is 20.2.